The van der Waals surface area contributed by atoms with Gasteiger partial charge in [-0.3, -0.25) is 9.59 Å². The SMILES string of the molecule is C=C(CC(=O)Oc1ccc(CC(N)C(=O)NCCCCCCCC)cc1)C(=O)OC. The number of amides is 1. The van der Waals surface area contributed by atoms with Crippen LogP contribution in [0.2, 0.25) is 0 Å². The second-order valence-electron chi connectivity index (χ2n) is 7.26. The molecule has 1 aromatic rings. The minimum absolute atomic E-state index is 0.0251. The molecule has 166 valence electrons. The van der Waals surface area contributed by atoms with Gasteiger partial charge in [0, 0.05) is 12.1 Å². The summed E-state index contributed by atoms with van der Waals surface area (Å²) in [6, 6.07) is 6.10. The van der Waals surface area contributed by atoms with Crippen LogP contribution < -0.4 is 15.8 Å². The summed E-state index contributed by atoms with van der Waals surface area (Å²) in [5.41, 5.74) is 6.88. The Labute approximate surface area is 179 Å². The molecule has 3 N–H and O–H groups in total. The van der Waals surface area contributed by atoms with Crippen LogP contribution in [-0.4, -0.2) is 37.5 Å². The number of methoxy groups -OCH3 is 1. The highest BCUT2D eigenvalue weighted by Gasteiger charge is 2.15. The first kappa shape index (κ1) is 25.4. The molecule has 0 aliphatic carbocycles. The van der Waals surface area contributed by atoms with Crippen LogP contribution in [0.4, 0.5) is 0 Å². The lowest BCUT2D eigenvalue weighted by molar-refractivity contribution is -0.139. The minimum Gasteiger partial charge on any atom is -0.466 e. The van der Waals surface area contributed by atoms with Gasteiger partial charge in [0.15, 0.2) is 0 Å². The molecule has 0 radical (unpaired) electrons. The first-order valence-corrected chi connectivity index (χ1v) is 10.5. The van der Waals surface area contributed by atoms with Crippen molar-refractivity contribution < 1.29 is 23.9 Å². The summed E-state index contributed by atoms with van der Waals surface area (Å²) in [6.45, 7) is 6.32. The van der Waals surface area contributed by atoms with Crippen molar-refractivity contribution >= 4 is 17.8 Å². The molecule has 0 bridgehead atoms. The third kappa shape index (κ3) is 10.2. The maximum atomic E-state index is 12.1. The molecule has 1 rings (SSSR count). The van der Waals surface area contributed by atoms with Crippen molar-refractivity contribution in [3.63, 3.8) is 0 Å². The van der Waals surface area contributed by atoms with Crippen molar-refractivity contribution in [2.75, 3.05) is 13.7 Å². The van der Waals surface area contributed by atoms with Crippen LogP contribution >= 0.6 is 0 Å². The molecule has 1 atom stereocenters. The standard InChI is InChI=1S/C23H34N2O5/c1-4-5-6-7-8-9-14-25-22(27)20(24)16-18-10-12-19(13-11-18)30-21(26)15-17(2)23(28)29-3/h10-13,20H,2,4-9,14-16,24H2,1,3H3,(H,25,27). The Morgan fingerprint density at radius 3 is 2.33 bits per heavy atom. The van der Waals surface area contributed by atoms with Crippen molar-refractivity contribution in [1.82, 2.24) is 5.32 Å². The Hall–Kier alpha value is -2.67. The van der Waals surface area contributed by atoms with Gasteiger partial charge in [-0.05, 0) is 30.5 Å². The van der Waals surface area contributed by atoms with Crippen molar-refractivity contribution in [3.05, 3.63) is 42.0 Å². The van der Waals surface area contributed by atoms with Crippen LogP contribution in [0, 0.1) is 0 Å². The van der Waals surface area contributed by atoms with E-state index in [4.69, 9.17) is 10.5 Å². The molecular weight excluding hydrogens is 384 g/mol. The summed E-state index contributed by atoms with van der Waals surface area (Å²) in [4.78, 5) is 35.2. The van der Waals surface area contributed by atoms with Gasteiger partial charge >= 0.3 is 11.9 Å². The summed E-state index contributed by atoms with van der Waals surface area (Å²) >= 11 is 0. The molecule has 7 nitrogen and oxygen atoms in total. The Morgan fingerprint density at radius 2 is 1.70 bits per heavy atom. The highest BCUT2D eigenvalue weighted by atomic mass is 16.5. The van der Waals surface area contributed by atoms with E-state index in [1.165, 1.54) is 32.8 Å². The summed E-state index contributed by atoms with van der Waals surface area (Å²) in [5.74, 6) is -1.09. The minimum atomic E-state index is -0.647. The molecule has 0 aliphatic heterocycles. The molecule has 0 heterocycles. The van der Waals surface area contributed by atoms with Crippen LogP contribution in [-0.2, 0) is 25.5 Å². The molecule has 0 saturated heterocycles. The molecule has 0 spiro atoms. The van der Waals surface area contributed by atoms with E-state index in [-0.39, 0.29) is 17.9 Å². The second-order valence-corrected chi connectivity index (χ2v) is 7.26. The number of esters is 2. The zero-order chi connectivity index (χ0) is 22.4. The Morgan fingerprint density at radius 1 is 1.07 bits per heavy atom. The predicted molar refractivity (Wildman–Crippen MR) is 116 cm³/mol. The van der Waals surface area contributed by atoms with Gasteiger partial charge in [0.2, 0.25) is 5.91 Å². The highest BCUT2D eigenvalue weighted by Crippen LogP contribution is 2.15. The van der Waals surface area contributed by atoms with Crippen molar-refractivity contribution in [1.29, 1.82) is 0 Å². The predicted octanol–water partition coefficient (Wildman–Crippen LogP) is 3.06. The monoisotopic (exact) mass is 418 g/mol. The van der Waals surface area contributed by atoms with Gasteiger partial charge in [-0.15, -0.1) is 0 Å². The maximum Gasteiger partial charge on any atom is 0.333 e. The molecule has 7 heteroatoms. The first-order valence-electron chi connectivity index (χ1n) is 10.5. The number of carbonyl (C=O) groups is 3. The number of carbonyl (C=O) groups excluding carboxylic acids is 3. The molecular formula is C23H34N2O5. The van der Waals surface area contributed by atoms with Crippen LogP contribution in [0.15, 0.2) is 36.4 Å². The number of hydrogen-bond acceptors (Lipinski definition) is 6. The summed E-state index contributed by atoms with van der Waals surface area (Å²) in [7, 11) is 1.22. The van der Waals surface area contributed by atoms with Gasteiger partial charge in [-0.1, -0.05) is 57.7 Å². The molecule has 0 aromatic heterocycles. The molecule has 0 fully saturated rings. The average Bonchev–Trinajstić information content (AvgIpc) is 2.73. The van der Waals surface area contributed by atoms with Crippen LogP contribution in [0.5, 0.6) is 5.75 Å². The fraction of sp³-hybridized carbons (Fsp3) is 0.522. The quantitative estimate of drug-likeness (QED) is 0.208. The lowest BCUT2D eigenvalue weighted by atomic mass is 10.1. The number of unbranched alkanes of at least 4 members (excludes halogenated alkanes) is 5. The Balaban J connectivity index is 2.35. The van der Waals surface area contributed by atoms with Gasteiger partial charge in [-0.2, -0.15) is 0 Å². The van der Waals surface area contributed by atoms with Crippen molar-refractivity contribution in [2.45, 2.75) is 64.3 Å². The topological polar surface area (TPSA) is 108 Å². The summed E-state index contributed by atoms with van der Waals surface area (Å²) in [5, 5.41) is 2.88. The highest BCUT2D eigenvalue weighted by molar-refractivity contribution is 5.93. The number of benzene rings is 1. The van der Waals surface area contributed by atoms with Crippen molar-refractivity contribution in [3.8, 4) is 5.75 Å². The zero-order valence-electron chi connectivity index (χ0n) is 18.1. The largest absolute Gasteiger partial charge is 0.466 e. The number of rotatable bonds is 14. The number of ether oxygens (including phenoxy) is 2. The molecule has 1 amide bonds. The lowest BCUT2D eigenvalue weighted by Gasteiger charge is -2.13. The van der Waals surface area contributed by atoms with E-state index in [9.17, 15) is 14.4 Å². The maximum absolute atomic E-state index is 12.1. The van der Waals surface area contributed by atoms with E-state index in [0.29, 0.717) is 18.7 Å². The summed E-state index contributed by atoms with van der Waals surface area (Å²) in [6.07, 6.45) is 7.14. The molecule has 0 aliphatic rings. The van der Waals surface area contributed by atoms with E-state index < -0.39 is 18.0 Å². The Kier molecular flexibility index (Phi) is 12.1. The normalized spacial score (nSPS) is 11.4. The second kappa shape index (κ2) is 14.3. The summed E-state index contributed by atoms with van der Waals surface area (Å²) < 4.78 is 9.66. The van der Waals surface area contributed by atoms with Crippen molar-refractivity contribution in [2.24, 2.45) is 5.73 Å². The van der Waals surface area contributed by atoms with Crippen LogP contribution in [0.1, 0.15) is 57.4 Å². The number of hydrogen-bond donors (Lipinski definition) is 2. The zero-order valence-corrected chi connectivity index (χ0v) is 18.1. The van der Waals surface area contributed by atoms with E-state index >= 15 is 0 Å². The van der Waals surface area contributed by atoms with Gasteiger partial charge < -0.3 is 20.5 Å². The Bertz CT molecular complexity index is 700. The first-order chi connectivity index (χ1) is 14.4. The number of nitrogens with two attached hydrogens (primary N) is 1. The molecule has 30 heavy (non-hydrogen) atoms. The molecule has 1 aromatic carbocycles. The van der Waals surface area contributed by atoms with E-state index in [0.717, 1.165) is 18.4 Å². The van der Waals surface area contributed by atoms with Gasteiger partial charge in [0.05, 0.1) is 19.6 Å². The number of nitrogens with one attached hydrogen (secondary N) is 1. The van der Waals surface area contributed by atoms with Gasteiger partial charge in [0.25, 0.3) is 0 Å². The van der Waals surface area contributed by atoms with E-state index in [1.54, 1.807) is 24.3 Å². The van der Waals surface area contributed by atoms with Crippen LogP contribution in [0.3, 0.4) is 0 Å². The average molecular weight is 419 g/mol. The fourth-order valence-corrected chi connectivity index (χ4v) is 2.85. The third-order valence-corrected chi connectivity index (χ3v) is 4.61. The smallest absolute Gasteiger partial charge is 0.333 e. The van der Waals surface area contributed by atoms with E-state index in [1.807, 2.05) is 0 Å². The molecule has 1 unspecified atom stereocenters. The molecule has 0 saturated carbocycles. The van der Waals surface area contributed by atoms with Gasteiger partial charge in [-0.25, -0.2) is 4.79 Å². The van der Waals surface area contributed by atoms with E-state index in [2.05, 4.69) is 23.6 Å². The van der Waals surface area contributed by atoms with Crippen LogP contribution in [0.25, 0.3) is 0 Å². The fourth-order valence-electron chi connectivity index (χ4n) is 2.85. The third-order valence-electron chi connectivity index (χ3n) is 4.61. The van der Waals surface area contributed by atoms with Gasteiger partial charge in [0.1, 0.15) is 5.75 Å². The lowest BCUT2D eigenvalue weighted by Crippen LogP contribution is -2.42.